The molecule has 0 bridgehead atoms. The molecule has 1 aromatic carbocycles. The van der Waals surface area contributed by atoms with Crippen molar-refractivity contribution >= 4 is 15.6 Å². The first-order valence-corrected chi connectivity index (χ1v) is 15.1. The summed E-state index contributed by atoms with van der Waals surface area (Å²) in [7, 11) is -2.98. The van der Waals surface area contributed by atoms with Crippen molar-refractivity contribution in [1.29, 1.82) is 0 Å². The number of fused-ring (bicyclic) bond motifs is 2. The van der Waals surface area contributed by atoms with Gasteiger partial charge in [-0.25, -0.2) is 0 Å². The first kappa shape index (κ1) is 19.6. The van der Waals surface area contributed by atoms with E-state index in [9.17, 15) is 9.13 Å². The van der Waals surface area contributed by atoms with Gasteiger partial charge in [0.15, 0.2) is 0 Å². The molecule has 2 saturated carbocycles. The monoisotopic (exact) mass is 418 g/mol. The third-order valence-corrected chi connectivity index (χ3v) is 14.1. The summed E-state index contributed by atoms with van der Waals surface area (Å²) in [6, 6.07) is 9.01. The summed E-state index contributed by atoms with van der Waals surface area (Å²) in [4.78, 5) is 0. The third-order valence-electron chi connectivity index (χ3n) is 8.49. The van der Waals surface area contributed by atoms with Gasteiger partial charge >= 0.3 is 0 Å². The van der Waals surface area contributed by atoms with E-state index in [1.807, 2.05) is 0 Å². The van der Waals surface area contributed by atoms with E-state index in [-0.39, 0.29) is 0 Å². The molecule has 4 aliphatic rings. The van der Waals surface area contributed by atoms with E-state index in [0.717, 1.165) is 0 Å². The summed E-state index contributed by atoms with van der Waals surface area (Å²) < 4.78 is 26.0. The van der Waals surface area contributed by atoms with Crippen LogP contribution in [0.1, 0.15) is 99.5 Å². The van der Waals surface area contributed by atoms with Crippen LogP contribution < -0.4 is 0 Å². The maximum Gasteiger partial charge on any atom is 0.0868 e. The third kappa shape index (κ3) is 3.41. The van der Waals surface area contributed by atoms with E-state index in [2.05, 4.69) is 24.3 Å². The molecule has 8 unspecified atom stereocenters. The molecule has 2 aliphatic heterocycles. The van der Waals surface area contributed by atoms with Gasteiger partial charge in [-0.05, 0) is 48.6 Å². The van der Waals surface area contributed by atoms with Gasteiger partial charge in [-0.15, -0.1) is 0 Å². The number of hydrogen-bond acceptors (Lipinski definition) is 2. The molecule has 0 amide bonds. The fourth-order valence-electron chi connectivity index (χ4n) is 6.91. The molecule has 0 spiro atoms. The Balaban J connectivity index is 1.31. The standard InChI is InChI=1S/C24H36O2P2/c25-27-21-11-7-3-1-5-9-19(21)23(27)17-13-15-18(16-14-17)24-20-10-6-2-4-8-12-22(20)28(24)26/h13-16,19-24,27-28H,1-12H2. The minimum absolute atomic E-state index is 0.328. The molecule has 0 N–H and O–H groups in total. The van der Waals surface area contributed by atoms with Crippen molar-refractivity contribution in [2.45, 2.75) is 99.7 Å². The zero-order valence-corrected chi connectivity index (χ0v) is 19.1. The second kappa shape index (κ2) is 8.43. The van der Waals surface area contributed by atoms with Crippen LogP contribution in [-0.4, -0.2) is 11.3 Å². The Morgan fingerprint density at radius 2 is 0.893 bits per heavy atom. The molecule has 0 radical (unpaired) electrons. The summed E-state index contributed by atoms with van der Waals surface area (Å²) in [5.74, 6) is 1.32. The summed E-state index contributed by atoms with van der Waals surface area (Å²) in [5.41, 5.74) is 4.32. The van der Waals surface area contributed by atoms with E-state index >= 15 is 0 Å². The SMILES string of the molecule is O=[PH]1C2CCCCCCC2C1c1ccc(C2C3CCCCCCC3[PH]2=O)cc1. The predicted octanol–water partition coefficient (Wildman–Crippen LogP) is 7.59. The molecule has 28 heavy (non-hydrogen) atoms. The Morgan fingerprint density at radius 1 is 0.536 bits per heavy atom. The molecule has 2 nitrogen and oxygen atoms in total. The van der Waals surface area contributed by atoms with Crippen LogP contribution in [0.4, 0.5) is 0 Å². The molecule has 4 fully saturated rings. The van der Waals surface area contributed by atoms with Crippen molar-refractivity contribution in [3.63, 3.8) is 0 Å². The highest BCUT2D eigenvalue weighted by molar-refractivity contribution is 7.48. The molecule has 2 heterocycles. The highest BCUT2D eigenvalue weighted by Crippen LogP contribution is 2.68. The van der Waals surface area contributed by atoms with Crippen LogP contribution >= 0.6 is 15.6 Å². The Hall–Kier alpha value is -0.320. The second-order valence-electron chi connectivity index (χ2n) is 9.95. The Morgan fingerprint density at radius 3 is 1.29 bits per heavy atom. The minimum atomic E-state index is -1.49. The van der Waals surface area contributed by atoms with E-state index in [1.54, 1.807) is 0 Å². The zero-order valence-electron chi connectivity index (χ0n) is 17.1. The van der Waals surface area contributed by atoms with Crippen molar-refractivity contribution in [3.05, 3.63) is 35.4 Å². The second-order valence-corrected chi connectivity index (χ2v) is 14.3. The van der Waals surface area contributed by atoms with Gasteiger partial charge in [0.25, 0.3) is 0 Å². The lowest BCUT2D eigenvalue weighted by Crippen LogP contribution is -2.35. The van der Waals surface area contributed by atoms with Crippen LogP contribution in [0.15, 0.2) is 24.3 Å². The number of hydrogen-bond donors (Lipinski definition) is 0. The molecule has 0 aromatic heterocycles. The summed E-state index contributed by atoms with van der Waals surface area (Å²) in [5, 5.41) is 0. The van der Waals surface area contributed by atoms with Crippen LogP contribution in [0.3, 0.4) is 0 Å². The number of benzene rings is 1. The van der Waals surface area contributed by atoms with E-state index in [1.165, 1.54) is 88.2 Å². The van der Waals surface area contributed by atoms with Crippen LogP contribution in [0.25, 0.3) is 0 Å². The summed E-state index contributed by atoms with van der Waals surface area (Å²) in [6.07, 6.45) is 15.5. The highest BCUT2D eigenvalue weighted by atomic mass is 31.1. The fraction of sp³-hybridized carbons (Fsp3) is 0.750. The summed E-state index contributed by atoms with van der Waals surface area (Å²) in [6.45, 7) is 0. The van der Waals surface area contributed by atoms with Crippen LogP contribution in [0.2, 0.25) is 0 Å². The quantitative estimate of drug-likeness (QED) is 0.464. The molecular formula is C24H36O2P2. The molecular weight excluding hydrogens is 382 g/mol. The lowest BCUT2D eigenvalue weighted by atomic mass is 9.82. The van der Waals surface area contributed by atoms with Crippen molar-refractivity contribution in [1.82, 2.24) is 0 Å². The molecule has 8 atom stereocenters. The van der Waals surface area contributed by atoms with Crippen molar-refractivity contribution in [3.8, 4) is 0 Å². The molecule has 5 rings (SSSR count). The first-order valence-electron chi connectivity index (χ1n) is 11.9. The van der Waals surface area contributed by atoms with Gasteiger partial charge in [-0.3, -0.25) is 0 Å². The minimum Gasteiger partial charge on any atom is -0.326 e. The summed E-state index contributed by atoms with van der Waals surface area (Å²) >= 11 is 0. The molecule has 2 saturated heterocycles. The molecule has 4 heteroatoms. The molecule has 2 aliphatic carbocycles. The van der Waals surface area contributed by atoms with Crippen molar-refractivity contribution in [2.24, 2.45) is 11.8 Å². The van der Waals surface area contributed by atoms with Crippen molar-refractivity contribution in [2.75, 3.05) is 0 Å². The maximum absolute atomic E-state index is 13.0. The molecule has 1 aromatic rings. The van der Waals surface area contributed by atoms with Gasteiger partial charge in [0.2, 0.25) is 0 Å². The van der Waals surface area contributed by atoms with E-state index < -0.39 is 15.6 Å². The molecule has 154 valence electrons. The predicted molar refractivity (Wildman–Crippen MR) is 120 cm³/mol. The van der Waals surface area contributed by atoms with Gasteiger partial charge in [-0.2, -0.15) is 0 Å². The highest BCUT2D eigenvalue weighted by Gasteiger charge is 2.49. The Kier molecular flexibility index (Phi) is 5.91. The topological polar surface area (TPSA) is 34.1 Å². The van der Waals surface area contributed by atoms with Gasteiger partial charge in [0.1, 0.15) is 0 Å². The first-order chi connectivity index (χ1) is 13.8. The van der Waals surface area contributed by atoms with Crippen molar-refractivity contribution < 1.29 is 9.13 Å². The van der Waals surface area contributed by atoms with Gasteiger partial charge < -0.3 is 9.13 Å². The lowest BCUT2D eigenvalue weighted by Gasteiger charge is -2.47. The normalized spacial score (nSPS) is 43.7. The fourth-order valence-corrected chi connectivity index (χ4v) is 12.4. The average molecular weight is 418 g/mol. The van der Waals surface area contributed by atoms with E-state index in [4.69, 9.17) is 0 Å². The Bertz CT molecular complexity index is 680. The van der Waals surface area contributed by atoms with Crippen LogP contribution in [0, 0.1) is 11.8 Å². The largest absolute Gasteiger partial charge is 0.326 e. The van der Waals surface area contributed by atoms with Crippen LogP contribution in [-0.2, 0) is 9.13 Å². The number of rotatable bonds is 2. The Labute approximate surface area is 171 Å². The van der Waals surface area contributed by atoms with Gasteiger partial charge in [0, 0.05) is 22.6 Å². The van der Waals surface area contributed by atoms with Gasteiger partial charge in [0.05, 0.1) is 15.6 Å². The van der Waals surface area contributed by atoms with Gasteiger partial charge in [-0.1, -0.05) is 75.6 Å². The maximum atomic E-state index is 13.0. The van der Waals surface area contributed by atoms with E-state index in [0.29, 0.717) is 34.5 Å². The average Bonchev–Trinajstić information content (AvgIpc) is 2.67. The zero-order chi connectivity index (χ0) is 19.1. The lowest BCUT2D eigenvalue weighted by molar-refractivity contribution is 0.321. The smallest absolute Gasteiger partial charge is 0.0868 e. The van der Waals surface area contributed by atoms with Crippen LogP contribution in [0.5, 0.6) is 0 Å².